The third-order valence-electron chi connectivity index (χ3n) is 9.56. The lowest BCUT2D eigenvalue weighted by atomic mass is 10.00. The Bertz CT molecular complexity index is 1660. The Morgan fingerprint density at radius 2 is 1.51 bits per heavy atom. The summed E-state index contributed by atoms with van der Waals surface area (Å²) >= 11 is 0. The number of carbonyl (C=O) groups is 6. The highest BCUT2D eigenvalue weighted by Crippen LogP contribution is 2.38. The van der Waals surface area contributed by atoms with Crippen molar-refractivity contribution >= 4 is 35.4 Å². The molecule has 2 saturated heterocycles. The van der Waals surface area contributed by atoms with Gasteiger partial charge in [-0.15, -0.1) is 0 Å². The molecule has 16 nitrogen and oxygen atoms in total. The number of aliphatic hydroxyl groups is 1. The molecular weight excluding hydrogens is 712 g/mol. The Labute approximate surface area is 321 Å². The molecule has 2 aliphatic heterocycles. The van der Waals surface area contributed by atoms with Gasteiger partial charge < -0.3 is 50.8 Å². The van der Waals surface area contributed by atoms with E-state index < -0.39 is 71.8 Å². The summed E-state index contributed by atoms with van der Waals surface area (Å²) in [5, 5.41) is 24.3. The number of nitrogens with zero attached hydrogens (tertiary/aromatic N) is 1. The molecule has 6 N–H and O–H groups in total. The monoisotopic (exact) mass is 766 g/mol. The average molecular weight is 767 g/mol. The van der Waals surface area contributed by atoms with Crippen molar-refractivity contribution in [2.24, 2.45) is 5.92 Å². The van der Waals surface area contributed by atoms with E-state index in [0.29, 0.717) is 22.8 Å². The number of aliphatic hydroxyl groups excluding tert-OH is 1. The Balaban J connectivity index is 1.66. The molecule has 6 amide bonds. The zero-order valence-corrected chi connectivity index (χ0v) is 32.3. The fourth-order valence-electron chi connectivity index (χ4n) is 6.81. The number of benzene rings is 2. The summed E-state index contributed by atoms with van der Waals surface area (Å²) in [5.41, 5.74) is 1.25. The van der Waals surface area contributed by atoms with E-state index in [-0.39, 0.29) is 57.5 Å². The van der Waals surface area contributed by atoms with E-state index in [4.69, 9.17) is 14.2 Å². The van der Waals surface area contributed by atoms with Gasteiger partial charge in [0.2, 0.25) is 41.2 Å². The number of carbonyl (C=O) groups excluding carboxylic acids is 6. The van der Waals surface area contributed by atoms with Crippen LogP contribution in [0.1, 0.15) is 57.6 Å². The van der Waals surface area contributed by atoms with Crippen LogP contribution in [0.2, 0.25) is 0 Å². The molecule has 0 spiro atoms. The highest BCUT2D eigenvalue weighted by molar-refractivity contribution is 5.96. The standard InChI is InChI=1S/C39H54N6O10/c1-22(2)15-28-36(49)41-23(3)39(52)45-21-26(46)20-30(45)38(51)40-14-10-13-27(35(48)44-29(37(50)43-28)16-24-11-8-7-9-12-24)42-33(47)19-25-17-31(53-4)34(55-6)32(18-25)54-5/h7-9,11-12,17-18,22-23,26-30,46H,10,13-16,19-21H2,1-6H3,(H,40,51)(H,41,49)(H,42,47)(H,43,50)(H,44,48)/t23-,26+,27-,28-,29+,30-/m0/s1. The van der Waals surface area contributed by atoms with Gasteiger partial charge in [-0.05, 0) is 55.4 Å². The van der Waals surface area contributed by atoms with Gasteiger partial charge in [0, 0.05) is 25.9 Å². The maximum absolute atomic E-state index is 14.1. The zero-order valence-electron chi connectivity index (χ0n) is 32.3. The van der Waals surface area contributed by atoms with Crippen LogP contribution in [0.15, 0.2) is 42.5 Å². The van der Waals surface area contributed by atoms with E-state index >= 15 is 0 Å². The van der Waals surface area contributed by atoms with Gasteiger partial charge in [0.1, 0.15) is 30.2 Å². The molecule has 4 rings (SSSR count). The third-order valence-corrected chi connectivity index (χ3v) is 9.56. The number of fused-ring (bicyclic) bond motifs is 1. The van der Waals surface area contributed by atoms with E-state index in [2.05, 4.69) is 26.6 Å². The SMILES string of the molecule is COc1cc(CC(=O)N[C@H]2CCCNC(=O)[C@@H]3C[C@@H](O)CN3C(=O)[C@H](C)NC(=O)[C@H](CC(C)C)NC(=O)[C@@H](Cc3ccccc3)NC2=O)cc(OC)c1OC. The van der Waals surface area contributed by atoms with Crippen molar-refractivity contribution < 1.29 is 48.1 Å². The van der Waals surface area contributed by atoms with Crippen LogP contribution in [0, 0.1) is 5.92 Å². The van der Waals surface area contributed by atoms with Crippen LogP contribution < -0.4 is 40.8 Å². The van der Waals surface area contributed by atoms with Crippen molar-refractivity contribution in [3.05, 3.63) is 53.6 Å². The van der Waals surface area contributed by atoms with Crippen LogP contribution in [-0.4, -0.2) is 116 Å². The normalized spacial score (nSPS) is 24.4. The second kappa shape index (κ2) is 19.8. The molecule has 2 aromatic carbocycles. The summed E-state index contributed by atoms with van der Waals surface area (Å²) in [7, 11) is 4.37. The minimum absolute atomic E-state index is 0.00902. The molecule has 0 saturated carbocycles. The van der Waals surface area contributed by atoms with Crippen molar-refractivity contribution in [1.82, 2.24) is 31.5 Å². The number of amides is 6. The number of hydrogen-bond acceptors (Lipinski definition) is 10. The average Bonchev–Trinajstić information content (AvgIpc) is 3.55. The van der Waals surface area contributed by atoms with Crippen molar-refractivity contribution in [3.63, 3.8) is 0 Å². The van der Waals surface area contributed by atoms with Gasteiger partial charge in [-0.1, -0.05) is 44.2 Å². The van der Waals surface area contributed by atoms with Crippen LogP contribution in [0.4, 0.5) is 0 Å². The molecule has 55 heavy (non-hydrogen) atoms. The number of hydrogen-bond donors (Lipinski definition) is 6. The highest BCUT2D eigenvalue weighted by Gasteiger charge is 2.41. The van der Waals surface area contributed by atoms with Crippen LogP contribution >= 0.6 is 0 Å². The molecule has 0 aromatic heterocycles. The van der Waals surface area contributed by atoms with E-state index in [0.717, 1.165) is 5.56 Å². The van der Waals surface area contributed by atoms with Crippen molar-refractivity contribution in [3.8, 4) is 17.2 Å². The number of nitrogens with one attached hydrogen (secondary N) is 5. The quantitative estimate of drug-likeness (QED) is 0.196. The van der Waals surface area contributed by atoms with Gasteiger partial charge in [0.15, 0.2) is 11.5 Å². The smallest absolute Gasteiger partial charge is 0.245 e. The van der Waals surface area contributed by atoms with Crippen LogP contribution in [-0.2, 0) is 41.6 Å². The molecule has 0 bridgehead atoms. The summed E-state index contributed by atoms with van der Waals surface area (Å²) in [5.74, 6) is -2.45. The van der Waals surface area contributed by atoms with Gasteiger partial charge in [0.05, 0.1) is 33.9 Å². The van der Waals surface area contributed by atoms with Crippen LogP contribution in [0.3, 0.4) is 0 Å². The van der Waals surface area contributed by atoms with Gasteiger partial charge >= 0.3 is 0 Å². The molecule has 16 heteroatoms. The summed E-state index contributed by atoms with van der Waals surface area (Å²) < 4.78 is 16.2. The first kappa shape index (κ1) is 42.4. The van der Waals surface area contributed by atoms with Crippen LogP contribution in [0.5, 0.6) is 17.2 Å². The van der Waals surface area contributed by atoms with E-state index in [1.54, 1.807) is 36.4 Å². The Morgan fingerprint density at radius 3 is 2.13 bits per heavy atom. The molecule has 2 heterocycles. The minimum Gasteiger partial charge on any atom is -0.493 e. The van der Waals surface area contributed by atoms with Gasteiger partial charge in [-0.3, -0.25) is 28.8 Å². The fourth-order valence-corrected chi connectivity index (χ4v) is 6.81. The molecule has 0 radical (unpaired) electrons. The summed E-state index contributed by atoms with van der Waals surface area (Å²) in [4.78, 5) is 83.4. The van der Waals surface area contributed by atoms with E-state index in [9.17, 15) is 33.9 Å². The van der Waals surface area contributed by atoms with Crippen LogP contribution in [0.25, 0.3) is 0 Å². The molecule has 300 valence electrons. The summed E-state index contributed by atoms with van der Waals surface area (Å²) in [6, 6.07) is 6.85. The lowest BCUT2D eigenvalue weighted by molar-refractivity contribution is -0.141. The molecule has 0 aliphatic carbocycles. The maximum Gasteiger partial charge on any atom is 0.245 e. The van der Waals surface area contributed by atoms with Gasteiger partial charge in [0.25, 0.3) is 0 Å². The lowest BCUT2D eigenvalue weighted by Gasteiger charge is -2.29. The van der Waals surface area contributed by atoms with Crippen molar-refractivity contribution in [2.75, 3.05) is 34.4 Å². The molecule has 0 unspecified atom stereocenters. The lowest BCUT2D eigenvalue weighted by Crippen LogP contribution is -2.59. The topological polar surface area (TPSA) is 214 Å². The zero-order chi connectivity index (χ0) is 40.2. The second-order valence-corrected chi connectivity index (χ2v) is 14.3. The largest absolute Gasteiger partial charge is 0.493 e. The molecule has 2 aliphatic rings. The number of methoxy groups -OCH3 is 3. The first-order valence-corrected chi connectivity index (χ1v) is 18.5. The summed E-state index contributed by atoms with van der Waals surface area (Å²) in [6.07, 6.45) is -0.505. The number of rotatable bonds is 10. The summed E-state index contributed by atoms with van der Waals surface area (Å²) in [6.45, 7) is 5.23. The molecule has 2 fully saturated rings. The Hall–Kier alpha value is -5.38. The second-order valence-electron chi connectivity index (χ2n) is 14.3. The first-order valence-electron chi connectivity index (χ1n) is 18.5. The van der Waals surface area contributed by atoms with Crippen molar-refractivity contribution in [1.29, 1.82) is 0 Å². The fraction of sp³-hybridized carbons (Fsp3) is 0.538. The molecule has 2 aromatic rings. The minimum atomic E-state index is -1.16. The van der Waals surface area contributed by atoms with Gasteiger partial charge in [-0.25, -0.2) is 0 Å². The van der Waals surface area contributed by atoms with E-state index in [1.165, 1.54) is 33.2 Å². The Morgan fingerprint density at radius 1 is 0.873 bits per heavy atom. The first-order chi connectivity index (χ1) is 26.2. The maximum atomic E-state index is 14.1. The van der Waals surface area contributed by atoms with Crippen molar-refractivity contribution in [2.45, 2.75) is 95.6 Å². The van der Waals surface area contributed by atoms with E-state index in [1.807, 2.05) is 19.9 Å². The molecular formula is C39H54N6O10. The Kier molecular flexibility index (Phi) is 15.3. The molecule has 6 atom stereocenters. The highest BCUT2D eigenvalue weighted by atomic mass is 16.5. The van der Waals surface area contributed by atoms with Gasteiger partial charge in [-0.2, -0.15) is 0 Å². The predicted molar refractivity (Wildman–Crippen MR) is 201 cm³/mol. The third kappa shape index (κ3) is 11.6. The number of ether oxygens (including phenoxy) is 3. The predicted octanol–water partition coefficient (Wildman–Crippen LogP) is 0.375.